The number of nitrogens with zero attached hydrogens (tertiary/aromatic N) is 2. The van der Waals surface area contributed by atoms with E-state index in [1.807, 2.05) is 13.8 Å². The molecule has 2 N–H and O–H groups in total. The van der Waals surface area contributed by atoms with E-state index in [1.54, 1.807) is 17.8 Å². The van der Waals surface area contributed by atoms with Crippen molar-refractivity contribution in [2.75, 3.05) is 6.54 Å². The van der Waals surface area contributed by atoms with Crippen molar-refractivity contribution >= 4 is 0 Å². The van der Waals surface area contributed by atoms with Gasteiger partial charge in [-0.15, -0.1) is 0 Å². The Morgan fingerprint density at radius 2 is 2.23 bits per heavy atom. The lowest BCUT2D eigenvalue weighted by Gasteiger charge is -2.03. The van der Waals surface area contributed by atoms with Gasteiger partial charge in [0.2, 0.25) is 0 Å². The number of nitrogens with two attached hydrogens (primary N) is 1. The highest BCUT2D eigenvalue weighted by Gasteiger charge is 2.15. The molecule has 1 aromatic rings. The lowest BCUT2D eigenvalue weighted by Crippen LogP contribution is -2.11. The van der Waals surface area contributed by atoms with Crippen molar-refractivity contribution in [3.05, 3.63) is 17.5 Å². The van der Waals surface area contributed by atoms with Crippen LogP contribution in [0.1, 0.15) is 37.3 Å². The third-order valence-corrected chi connectivity index (χ3v) is 2.05. The number of alkyl halides is 1. The van der Waals surface area contributed by atoms with E-state index in [-0.39, 0.29) is 6.54 Å². The fourth-order valence-electron chi connectivity index (χ4n) is 1.20. The normalized spacial score (nSPS) is 13.7. The monoisotopic (exact) mass is 185 g/mol. The molecule has 1 atom stereocenters. The standard InChI is InChI=1S/C9H16FN3/c1-6(2)8-4-9(7(10)5-11)13(3)12-8/h4,6-7H,5,11H2,1-3H3. The minimum Gasteiger partial charge on any atom is -0.327 e. The number of hydrogen-bond donors (Lipinski definition) is 1. The van der Waals surface area contributed by atoms with Gasteiger partial charge < -0.3 is 5.73 Å². The molecular weight excluding hydrogens is 169 g/mol. The summed E-state index contributed by atoms with van der Waals surface area (Å²) in [5, 5.41) is 4.20. The lowest BCUT2D eigenvalue weighted by atomic mass is 10.1. The maximum absolute atomic E-state index is 13.2. The molecular formula is C9H16FN3. The van der Waals surface area contributed by atoms with Crippen LogP contribution < -0.4 is 5.73 Å². The first-order chi connectivity index (χ1) is 6.06. The molecule has 0 amide bonds. The molecule has 13 heavy (non-hydrogen) atoms. The van der Waals surface area contributed by atoms with Crippen LogP contribution in [0.15, 0.2) is 6.07 Å². The minimum absolute atomic E-state index is 0.0110. The van der Waals surface area contributed by atoms with Gasteiger partial charge in [0.15, 0.2) is 6.17 Å². The molecule has 0 aliphatic carbocycles. The fraction of sp³-hybridized carbons (Fsp3) is 0.667. The third kappa shape index (κ3) is 2.06. The Hall–Kier alpha value is -0.900. The highest BCUT2D eigenvalue weighted by molar-refractivity contribution is 5.15. The minimum atomic E-state index is -1.11. The van der Waals surface area contributed by atoms with Crippen LogP contribution in [0.3, 0.4) is 0 Å². The van der Waals surface area contributed by atoms with Gasteiger partial charge in [-0.05, 0) is 12.0 Å². The molecule has 0 saturated heterocycles. The van der Waals surface area contributed by atoms with Crippen molar-refractivity contribution in [2.45, 2.75) is 25.9 Å². The van der Waals surface area contributed by atoms with Crippen LogP contribution >= 0.6 is 0 Å². The van der Waals surface area contributed by atoms with Gasteiger partial charge in [0, 0.05) is 13.6 Å². The third-order valence-electron chi connectivity index (χ3n) is 2.05. The molecule has 3 nitrogen and oxygen atoms in total. The van der Waals surface area contributed by atoms with Gasteiger partial charge in [-0.25, -0.2) is 4.39 Å². The molecule has 0 saturated carbocycles. The van der Waals surface area contributed by atoms with Gasteiger partial charge in [-0.2, -0.15) is 5.10 Å². The first-order valence-corrected chi connectivity index (χ1v) is 4.44. The van der Waals surface area contributed by atoms with Crippen molar-refractivity contribution in [2.24, 2.45) is 12.8 Å². The number of rotatable bonds is 3. The summed E-state index contributed by atoms with van der Waals surface area (Å²) in [6.07, 6.45) is -1.11. The molecule has 0 bridgehead atoms. The topological polar surface area (TPSA) is 43.8 Å². The predicted octanol–water partition coefficient (Wildman–Crippen LogP) is 1.51. The average molecular weight is 185 g/mol. The Bertz CT molecular complexity index is 280. The second-order valence-electron chi connectivity index (χ2n) is 3.48. The van der Waals surface area contributed by atoms with Crippen LogP contribution in [-0.2, 0) is 7.05 Å². The molecule has 0 radical (unpaired) electrons. The van der Waals surface area contributed by atoms with Crippen molar-refractivity contribution in [1.29, 1.82) is 0 Å². The predicted molar refractivity (Wildman–Crippen MR) is 50.2 cm³/mol. The summed E-state index contributed by atoms with van der Waals surface area (Å²) >= 11 is 0. The lowest BCUT2D eigenvalue weighted by molar-refractivity contribution is 0.334. The number of halogens is 1. The van der Waals surface area contributed by atoms with Crippen LogP contribution in [0, 0.1) is 0 Å². The van der Waals surface area contributed by atoms with Crippen molar-refractivity contribution in [3.63, 3.8) is 0 Å². The average Bonchev–Trinajstić information content (AvgIpc) is 2.46. The van der Waals surface area contributed by atoms with Gasteiger partial charge in [0.05, 0.1) is 11.4 Å². The molecule has 0 aliphatic heterocycles. The maximum atomic E-state index is 13.2. The summed E-state index contributed by atoms with van der Waals surface area (Å²) in [4.78, 5) is 0. The van der Waals surface area contributed by atoms with Crippen LogP contribution in [0.5, 0.6) is 0 Å². The summed E-state index contributed by atoms with van der Waals surface area (Å²) in [5.74, 6) is 0.324. The van der Waals surface area contributed by atoms with Crippen molar-refractivity contribution < 1.29 is 4.39 Å². The van der Waals surface area contributed by atoms with Gasteiger partial charge >= 0.3 is 0 Å². The fourth-order valence-corrected chi connectivity index (χ4v) is 1.20. The SMILES string of the molecule is CC(C)c1cc(C(F)CN)n(C)n1. The quantitative estimate of drug-likeness (QED) is 0.775. The summed E-state index contributed by atoms with van der Waals surface area (Å²) in [7, 11) is 1.74. The molecule has 4 heteroatoms. The van der Waals surface area contributed by atoms with Crippen molar-refractivity contribution in [3.8, 4) is 0 Å². The smallest absolute Gasteiger partial charge is 0.154 e. The Kier molecular flexibility index (Phi) is 3.03. The Morgan fingerprint density at radius 1 is 1.62 bits per heavy atom. The molecule has 0 aromatic carbocycles. The molecule has 0 spiro atoms. The summed E-state index contributed by atoms with van der Waals surface area (Å²) < 4.78 is 14.8. The largest absolute Gasteiger partial charge is 0.327 e. The van der Waals surface area contributed by atoms with Gasteiger partial charge in [-0.1, -0.05) is 13.8 Å². The van der Waals surface area contributed by atoms with E-state index in [2.05, 4.69) is 5.10 Å². The first kappa shape index (κ1) is 10.2. The maximum Gasteiger partial charge on any atom is 0.154 e. The van der Waals surface area contributed by atoms with Crippen LogP contribution in [0.4, 0.5) is 4.39 Å². The molecule has 74 valence electrons. The molecule has 0 aliphatic rings. The van der Waals surface area contributed by atoms with Gasteiger partial charge in [-0.3, -0.25) is 4.68 Å². The van der Waals surface area contributed by atoms with Gasteiger partial charge in [0.25, 0.3) is 0 Å². The van der Waals surface area contributed by atoms with E-state index in [4.69, 9.17) is 5.73 Å². The Balaban J connectivity index is 2.96. The van der Waals surface area contributed by atoms with Crippen LogP contribution in [0.2, 0.25) is 0 Å². The van der Waals surface area contributed by atoms with Crippen LogP contribution in [0.25, 0.3) is 0 Å². The van der Waals surface area contributed by atoms with Gasteiger partial charge in [0.1, 0.15) is 0 Å². The highest BCUT2D eigenvalue weighted by atomic mass is 19.1. The number of aromatic nitrogens is 2. The van der Waals surface area contributed by atoms with E-state index < -0.39 is 6.17 Å². The molecule has 1 aromatic heterocycles. The van der Waals surface area contributed by atoms with E-state index in [0.29, 0.717) is 11.6 Å². The van der Waals surface area contributed by atoms with E-state index in [1.165, 1.54) is 0 Å². The van der Waals surface area contributed by atoms with Crippen molar-refractivity contribution in [1.82, 2.24) is 9.78 Å². The van der Waals surface area contributed by atoms with Crippen LogP contribution in [-0.4, -0.2) is 16.3 Å². The second kappa shape index (κ2) is 3.87. The number of hydrogen-bond acceptors (Lipinski definition) is 2. The first-order valence-electron chi connectivity index (χ1n) is 4.44. The van der Waals surface area contributed by atoms with E-state index >= 15 is 0 Å². The second-order valence-corrected chi connectivity index (χ2v) is 3.48. The zero-order chi connectivity index (χ0) is 10.0. The molecule has 1 heterocycles. The molecule has 1 rings (SSSR count). The Morgan fingerprint density at radius 3 is 2.62 bits per heavy atom. The Labute approximate surface area is 77.7 Å². The zero-order valence-electron chi connectivity index (χ0n) is 8.29. The number of aryl methyl sites for hydroxylation is 1. The molecule has 0 fully saturated rings. The zero-order valence-corrected chi connectivity index (χ0v) is 8.29. The van der Waals surface area contributed by atoms with E-state index in [0.717, 1.165) is 5.69 Å². The molecule has 1 unspecified atom stereocenters. The summed E-state index contributed by atoms with van der Waals surface area (Å²) in [6, 6.07) is 1.78. The summed E-state index contributed by atoms with van der Waals surface area (Å²) in [6.45, 7) is 4.07. The van der Waals surface area contributed by atoms with E-state index in [9.17, 15) is 4.39 Å². The highest BCUT2D eigenvalue weighted by Crippen LogP contribution is 2.20. The summed E-state index contributed by atoms with van der Waals surface area (Å²) in [5.41, 5.74) is 6.71.